The molecule has 4 aromatic rings. The maximum atomic E-state index is 12.4. The predicted molar refractivity (Wildman–Crippen MR) is 163 cm³/mol. The highest BCUT2D eigenvalue weighted by Crippen LogP contribution is 2.37. The Bertz CT molecular complexity index is 1560. The van der Waals surface area contributed by atoms with Crippen LogP contribution in [0.2, 0.25) is 0 Å². The Kier molecular flexibility index (Phi) is 10.5. The molecule has 10 nitrogen and oxygen atoms in total. The van der Waals surface area contributed by atoms with Crippen LogP contribution in [-0.2, 0) is 9.59 Å². The summed E-state index contributed by atoms with van der Waals surface area (Å²) < 4.78 is 17.6. The summed E-state index contributed by atoms with van der Waals surface area (Å²) in [5.74, 6) is 0.624. The molecular formula is C33H35N3O7. The minimum absolute atomic E-state index is 0.128. The number of hydrogen-bond donors (Lipinski definition) is 3. The maximum Gasteiger partial charge on any atom is 0.326 e. The van der Waals surface area contributed by atoms with Gasteiger partial charge in [0.15, 0.2) is 11.5 Å². The Balaban J connectivity index is 1.37. The highest BCUT2D eigenvalue weighted by Gasteiger charge is 2.21. The number of ether oxygens (including phenoxy) is 3. The topological polar surface area (TPSA) is 136 Å². The normalized spacial score (nSPS) is 11.5. The van der Waals surface area contributed by atoms with Gasteiger partial charge in [0.1, 0.15) is 17.5 Å². The summed E-state index contributed by atoms with van der Waals surface area (Å²) in [5, 5.41) is 15.5. The lowest BCUT2D eigenvalue weighted by Gasteiger charge is -2.16. The number of benzene rings is 3. The summed E-state index contributed by atoms with van der Waals surface area (Å²) in [6, 6.07) is 20.4. The van der Waals surface area contributed by atoms with Gasteiger partial charge in [-0.3, -0.25) is 14.6 Å². The van der Waals surface area contributed by atoms with Gasteiger partial charge in [-0.1, -0.05) is 32.0 Å². The lowest BCUT2D eigenvalue weighted by atomic mass is 10.0. The van der Waals surface area contributed by atoms with Crippen LogP contribution in [0.3, 0.4) is 0 Å². The first-order valence-electron chi connectivity index (χ1n) is 14.0. The summed E-state index contributed by atoms with van der Waals surface area (Å²) >= 11 is 0. The maximum absolute atomic E-state index is 12.4. The third kappa shape index (κ3) is 8.68. The van der Waals surface area contributed by atoms with Crippen molar-refractivity contribution in [1.29, 1.82) is 0 Å². The van der Waals surface area contributed by atoms with E-state index in [9.17, 15) is 19.5 Å². The van der Waals surface area contributed by atoms with Crippen LogP contribution >= 0.6 is 0 Å². The van der Waals surface area contributed by atoms with Gasteiger partial charge in [0.05, 0.1) is 19.2 Å². The molecule has 0 fully saturated rings. The van der Waals surface area contributed by atoms with E-state index in [4.69, 9.17) is 14.2 Å². The highest BCUT2D eigenvalue weighted by molar-refractivity contribution is 6.04. The molecule has 0 bridgehead atoms. The van der Waals surface area contributed by atoms with Crippen molar-refractivity contribution in [2.45, 2.75) is 39.2 Å². The summed E-state index contributed by atoms with van der Waals surface area (Å²) in [6.45, 7) is 4.04. The van der Waals surface area contributed by atoms with Crippen LogP contribution in [-0.4, -0.2) is 47.6 Å². The zero-order valence-corrected chi connectivity index (χ0v) is 24.3. The number of methoxy groups -OCH3 is 1. The van der Waals surface area contributed by atoms with Crippen molar-refractivity contribution in [2.24, 2.45) is 5.92 Å². The van der Waals surface area contributed by atoms with Crippen LogP contribution in [0.25, 0.3) is 10.9 Å². The largest absolute Gasteiger partial charge is 0.493 e. The molecule has 0 unspecified atom stereocenters. The van der Waals surface area contributed by atoms with E-state index in [-0.39, 0.29) is 30.8 Å². The molecule has 0 saturated heterocycles. The molecule has 0 saturated carbocycles. The molecule has 1 atom stereocenters. The van der Waals surface area contributed by atoms with Gasteiger partial charge in [-0.25, -0.2) is 4.79 Å². The Morgan fingerprint density at radius 1 is 0.930 bits per heavy atom. The summed E-state index contributed by atoms with van der Waals surface area (Å²) in [4.78, 5) is 40.5. The second-order valence-electron chi connectivity index (χ2n) is 10.3. The minimum Gasteiger partial charge on any atom is -0.493 e. The average molecular weight is 586 g/mol. The first kappa shape index (κ1) is 30.8. The number of aliphatic carboxylic acids is 1. The first-order valence-corrected chi connectivity index (χ1v) is 14.0. The monoisotopic (exact) mass is 585 g/mol. The SMILES string of the molecule is COc1cc2c(Oc3ccc(NC(=O)c4ccccc4)cc3)ccnc2cc1OCCCC(=O)N[C@@H](CC(C)C)C(=O)O. The molecule has 4 rings (SSSR count). The number of amides is 2. The lowest BCUT2D eigenvalue weighted by Crippen LogP contribution is -2.41. The fourth-order valence-corrected chi connectivity index (χ4v) is 4.39. The Morgan fingerprint density at radius 2 is 1.67 bits per heavy atom. The molecule has 0 spiro atoms. The Morgan fingerprint density at radius 3 is 2.35 bits per heavy atom. The second kappa shape index (κ2) is 14.7. The van der Waals surface area contributed by atoms with Crippen LogP contribution in [0.15, 0.2) is 79.0 Å². The highest BCUT2D eigenvalue weighted by atomic mass is 16.5. The second-order valence-corrected chi connectivity index (χ2v) is 10.3. The number of carboxylic acid groups (broad SMARTS) is 1. The van der Waals surface area contributed by atoms with Gasteiger partial charge in [0.2, 0.25) is 5.91 Å². The third-order valence-corrected chi connectivity index (χ3v) is 6.51. The standard InChI is InChI=1S/C33H35N3O7/c1-21(2)18-27(33(39)40)36-31(37)10-7-17-42-30-20-26-25(19-29(30)41-3)28(15-16-34-26)43-24-13-11-23(12-14-24)35-32(38)22-8-5-4-6-9-22/h4-6,8-9,11-16,19-21,27H,7,10,17-18H2,1-3H3,(H,35,38)(H,36,37)(H,39,40)/t27-/m0/s1. The minimum atomic E-state index is -1.04. The number of hydrogen-bond acceptors (Lipinski definition) is 7. The molecule has 0 radical (unpaired) electrons. The average Bonchev–Trinajstić information content (AvgIpc) is 3.00. The van der Waals surface area contributed by atoms with Crippen molar-refractivity contribution in [3.8, 4) is 23.0 Å². The quantitative estimate of drug-likeness (QED) is 0.152. The van der Waals surface area contributed by atoms with E-state index in [0.29, 0.717) is 58.0 Å². The molecule has 3 aromatic carbocycles. The molecule has 43 heavy (non-hydrogen) atoms. The molecule has 1 heterocycles. The van der Waals surface area contributed by atoms with E-state index >= 15 is 0 Å². The van der Waals surface area contributed by atoms with Crippen molar-refractivity contribution in [3.05, 3.63) is 84.6 Å². The molecule has 224 valence electrons. The van der Waals surface area contributed by atoms with Gasteiger partial charge in [-0.2, -0.15) is 0 Å². The van der Waals surface area contributed by atoms with Crippen molar-refractivity contribution >= 4 is 34.4 Å². The fourth-order valence-electron chi connectivity index (χ4n) is 4.39. The van der Waals surface area contributed by atoms with Crippen molar-refractivity contribution < 1.29 is 33.7 Å². The summed E-state index contributed by atoms with van der Waals surface area (Å²) in [7, 11) is 1.53. The Labute approximate surface area is 250 Å². The zero-order chi connectivity index (χ0) is 30.8. The van der Waals surface area contributed by atoms with Gasteiger partial charge < -0.3 is 30.0 Å². The summed E-state index contributed by atoms with van der Waals surface area (Å²) in [6.07, 6.45) is 2.51. The number of aromatic nitrogens is 1. The van der Waals surface area contributed by atoms with E-state index in [1.165, 1.54) is 7.11 Å². The third-order valence-electron chi connectivity index (χ3n) is 6.51. The number of rotatable bonds is 14. The van der Waals surface area contributed by atoms with E-state index in [2.05, 4.69) is 15.6 Å². The van der Waals surface area contributed by atoms with E-state index < -0.39 is 12.0 Å². The lowest BCUT2D eigenvalue weighted by molar-refractivity contribution is -0.142. The first-order chi connectivity index (χ1) is 20.7. The molecule has 0 aliphatic heterocycles. The number of nitrogens with one attached hydrogen (secondary N) is 2. The smallest absolute Gasteiger partial charge is 0.326 e. The van der Waals surface area contributed by atoms with Crippen LogP contribution in [0.1, 0.15) is 43.5 Å². The van der Waals surface area contributed by atoms with E-state index in [0.717, 1.165) is 0 Å². The van der Waals surface area contributed by atoms with Crippen LogP contribution in [0, 0.1) is 5.92 Å². The molecule has 10 heteroatoms. The zero-order valence-electron chi connectivity index (χ0n) is 24.3. The van der Waals surface area contributed by atoms with Gasteiger partial charge in [-0.15, -0.1) is 0 Å². The molecule has 0 aliphatic rings. The van der Waals surface area contributed by atoms with Crippen LogP contribution < -0.4 is 24.8 Å². The number of fused-ring (bicyclic) bond motifs is 1. The number of pyridine rings is 1. The van der Waals surface area contributed by atoms with Crippen molar-refractivity contribution in [2.75, 3.05) is 19.0 Å². The number of carbonyl (C=O) groups excluding carboxylic acids is 2. The van der Waals surface area contributed by atoms with Crippen molar-refractivity contribution in [3.63, 3.8) is 0 Å². The fraction of sp³-hybridized carbons (Fsp3) is 0.273. The molecule has 2 amide bonds. The van der Waals surface area contributed by atoms with Crippen LogP contribution in [0.5, 0.6) is 23.0 Å². The van der Waals surface area contributed by atoms with Crippen LogP contribution in [0.4, 0.5) is 5.69 Å². The van der Waals surface area contributed by atoms with Crippen molar-refractivity contribution in [1.82, 2.24) is 10.3 Å². The van der Waals surface area contributed by atoms with Gasteiger partial charge in [0, 0.05) is 35.3 Å². The van der Waals surface area contributed by atoms with E-state index in [1.54, 1.807) is 60.8 Å². The number of anilines is 1. The molecular weight excluding hydrogens is 550 g/mol. The number of carbonyl (C=O) groups is 3. The molecule has 0 aliphatic carbocycles. The number of nitrogens with zero attached hydrogens (tertiary/aromatic N) is 1. The Hall–Kier alpha value is -5.12. The number of carboxylic acids is 1. The van der Waals surface area contributed by atoms with Gasteiger partial charge in [-0.05, 0) is 67.3 Å². The van der Waals surface area contributed by atoms with Gasteiger partial charge >= 0.3 is 5.97 Å². The van der Waals surface area contributed by atoms with Gasteiger partial charge in [0.25, 0.3) is 5.91 Å². The predicted octanol–water partition coefficient (Wildman–Crippen LogP) is 6.06. The summed E-state index contributed by atoms with van der Waals surface area (Å²) in [5.41, 5.74) is 1.83. The molecule has 3 N–H and O–H groups in total. The van der Waals surface area contributed by atoms with E-state index in [1.807, 2.05) is 32.0 Å². The molecule has 1 aromatic heterocycles.